The molecule has 0 atom stereocenters. The van der Waals surface area contributed by atoms with Crippen molar-refractivity contribution >= 4 is 11.8 Å². The molecule has 0 unspecified atom stereocenters. The van der Waals surface area contributed by atoms with Gasteiger partial charge in [-0.2, -0.15) is 0 Å². The summed E-state index contributed by atoms with van der Waals surface area (Å²) in [5.74, 6) is 1.63. The van der Waals surface area contributed by atoms with Crippen LogP contribution in [0.3, 0.4) is 0 Å². The molecule has 0 heterocycles. The first-order chi connectivity index (χ1) is 20.1. The first-order valence-corrected chi connectivity index (χ1v) is 13.6. The molecule has 0 aliphatic heterocycles. The monoisotopic (exact) mass is 541 g/mol. The number of nitrogens with one attached hydrogen (secondary N) is 1. The van der Waals surface area contributed by atoms with E-state index in [-0.39, 0.29) is 18.4 Å². The molecule has 5 nitrogen and oxygen atoms in total. The van der Waals surface area contributed by atoms with Crippen LogP contribution in [0.2, 0.25) is 0 Å². The van der Waals surface area contributed by atoms with E-state index in [0.29, 0.717) is 5.69 Å². The van der Waals surface area contributed by atoms with Gasteiger partial charge in [-0.15, -0.1) is 0 Å². The van der Waals surface area contributed by atoms with Gasteiger partial charge >= 0.3 is 6.09 Å². The molecule has 5 aromatic rings. The topological polar surface area (TPSA) is 56.8 Å². The molecule has 41 heavy (non-hydrogen) atoms. The number of hydrogen-bond donors (Lipinski definition) is 1. The van der Waals surface area contributed by atoms with Crippen LogP contribution in [0.15, 0.2) is 121 Å². The maximum atomic E-state index is 12.8. The maximum absolute atomic E-state index is 12.8. The van der Waals surface area contributed by atoms with Crippen LogP contribution >= 0.6 is 0 Å². The van der Waals surface area contributed by atoms with Crippen molar-refractivity contribution in [2.24, 2.45) is 0 Å². The number of rotatable bonds is 8. The third-order valence-corrected chi connectivity index (χ3v) is 7.73. The Morgan fingerprint density at radius 2 is 1.07 bits per heavy atom. The molecular weight excluding hydrogens is 510 g/mol. The van der Waals surface area contributed by atoms with Crippen LogP contribution < -0.4 is 14.8 Å². The standard InChI is InChI=1S/C36H31NO4/c1-39-28-19-13-25(14-20-28)35(26-15-21-29(40-2)22-16-26)24-11-17-27(18-12-24)37-36(38)41-23-34-32-9-5-3-7-30(32)31-8-4-6-10-33(31)34/h3-22,34-35H,23H2,1-2H3,(H,37,38). The second kappa shape index (κ2) is 11.6. The third kappa shape index (κ3) is 5.39. The van der Waals surface area contributed by atoms with Crippen molar-refractivity contribution in [3.63, 3.8) is 0 Å². The fraction of sp³-hybridized carbons (Fsp3) is 0.139. The number of amides is 1. The van der Waals surface area contributed by atoms with E-state index in [4.69, 9.17) is 14.2 Å². The number of methoxy groups -OCH3 is 2. The fourth-order valence-corrected chi connectivity index (χ4v) is 5.68. The van der Waals surface area contributed by atoms with Gasteiger partial charge in [0, 0.05) is 17.5 Å². The molecule has 0 fully saturated rings. The van der Waals surface area contributed by atoms with Crippen LogP contribution in [0, 0.1) is 0 Å². The number of hydrogen-bond acceptors (Lipinski definition) is 4. The predicted octanol–water partition coefficient (Wildman–Crippen LogP) is 8.25. The first kappa shape index (κ1) is 26.2. The summed E-state index contributed by atoms with van der Waals surface area (Å²) >= 11 is 0. The Morgan fingerprint density at radius 1 is 0.634 bits per heavy atom. The lowest BCUT2D eigenvalue weighted by Crippen LogP contribution is -2.18. The summed E-state index contributed by atoms with van der Waals surface area (Å²) in [6.07, 6.45) is -0.471. The summed E-state index contributed by atoms with van der Waals surface area (Å²) in [5, 5.41) is 2.90. The lowest BCUT2D eigenvalue weighted by atomic mass is 9.85. The molecule has 0 aromatic heterocycles. The van der Waals surface area contributed by atoms with Crippen molar-refractivity contribution in [1.29, 1.82) is 0 Å². The van der Waals surface area contributed by atoms with Crippen LogP contribution in [0.5, 0.6) is 11.5 Å². The summed E-state index contributed by atoms with van der Waals surface area (Å²) in [6.45, 7) is 0.273. The van der Waals surface area contributed by atoms with Crippen molar-refractivity contribution < 1.29 is 19.0 Å². The number of anilines is 1. The second-order valence-corrected chi connectivity index (χ2v) is 10.1. The maximum Gasteiger partial charge on any atom is 0.411 e. The highest BCUT2D eigenvalue weighted by Crippen LogP contribution is 2.44. The molecule has 5 heteroatoms. The first-order valence-electron chi connectivity index (χ1n) is 13.6. The minimum absolute atomic E-state index is 0.00434. The highest BCUT2D eigenvalue weighted by atomic mass is 16.5. The van der Waals surface area contributed by atoms with Crippen LogP contribution in [0.4, 0.5) is 10.5 Å². The molecule has 0 saturated heterocycles. The summed E-state index contributed by atoms with van der Waals surface area (Å²) in [4.78, 5) is 12.8. The minimum atomic E-state index is -0.471. The van der Waals surface area contributed by atoms with Crippen molar-refractivity contribution in [3.8, 4) is 22.6 Å². The zero-order chi connectivity index (χ0) is 28.2. The number of fused-ring (bicyclic) bond motifs is 3. The van der Waals surface area contributed by atoms with Crippen LogP contribution in [0.25, 0.3) is 11.1 Å². The molecule has 1 aliphatic rings. The molecule has 0 spiro atoms. The number of carbonyl (C=O) groups excluding carboxylic acids is 1. The largest absolute Gasteiger partial charge is 0.497 e. The highest BCUT2D eigenvalue weighted by Gasteiger charge is 2.29. The van der Waals surface area contributed by atoms with Gasteiger partial charge in [-0.25, -0.2) is 4.79 Å². The van der Waals surface area contributed by atoms with E-state index >= 15 is 0 Å². The molecule has 1 amide bonds. The molecule has 6 rings (SSSR count). The Bertz CT molecular complexity index is 1550. The van der Waals surface area contributed by atoms with Crippen molar-refractivity contribution in [2.45, 2.75) is 11.8 Å². The Hall–Kier alpha value is -5.03. The van der Waals surface area contributed by atoms with Crippen molar-refractivity contribution in [1.82, 2.24) is 0 Å². The van der Waals surface area contributed by atoms with E-state index in [2.05, 4.69) is 53.8 Å². The SMILES string of the molecule is COc1ccc(C(c2ccc(NC(=O)OCC3c4ccccc4-c4ccccc43)cc2)c2ccc(OC)cc2)cc1. The molecule has 1 N–H and O–H groups in total. The molecular formula is C36H31NO4. The molecule has 5 aromatic carbocycles. The summed E-state index contributed by atoms with van der Waals surface area (Å²) < 4.78 is 16.5. The van der Waals surface area contributed by atoms with Gasteiger partial charge in [0.05, 0.1) is 14.2 Å². The van der Waals surface area contributed by atoms with Gasteiger partial charge in [-0.05, 0) is 75.3 Å². The number of benzene rings is 5. The predicted molar refractivity (Wildman–Crippen MR) is 162 cm³/mol. The average molecular weight is 542 g/mol. The summed E-state index contributed by atoms with van der Waals surface area (Å²) in [5.41, 5.74) is 8.82. The van der Waals surface area contributed by atoms with Gasteiger partial charge < -0.3 is 14.2 Å². The Kier molecular flexibility index (Phi) is 7.42. The van der Waals surface area contributed by atoms with Crippen LogP contribution in [-0.4, -0.2) is 26.9 Å². The number of ether oxygens (including phenoxy) is 3. The van der Waals surface area contributed by atoms with Gasteiger partial charge in [0.1, 0.15) is 18.1 Å². The third-order valence-electron chi connectivity index (χ3n) is 7.73. The molecule has 0 saturated carbocycles. The Balaban J connectivity index is 1.17. The normalized spacial score (nSPS) is 12.0. The van der Waals surface area contributed by atoms with E-state index < -0.39 is 6.09 Å². The van der Waals surface area contributed by atoms with E-state index in [9.17, 15) is 4.79 Å². The Labute approximate surface area is 240 Å². The smallest absolute Gasteiger partial charge is 0.411 e. The molecule has 204 valence electrons. The van der Waals surface area contributed by atoms with Gasteiger partial charge in [-0.1, -0.05) is 84.9 Å². The summed E-state index contributed by atoms with van der Waals surface area (Å²) in [7, 11) is 3.33. The Morgan fingerprint density at radius 3 is 1.54 bits per heavy atom. The van der Waals surface area contributed by atoms with E-state index in [1.54, 1.807) is 14.2 Å². The van der Waals surface area contributed by atoms with Gasteiger partial charge in [0.2, 0.25) is 0 Å². The van der Waals surface area contributed by atoms with Crippen LogP contribution in [-0.2, 0) is 4.74 Å². The van der Waals surface area contributed by atoms with Crippen molar-refractivity contribution in [3.05, 3.63) is 149 Å². The average Bonchev–Trinajstić information content (AvgIpc) is 3.35. The highest BCUT2D eigenvalue weighted by molar-refractivity contribution is 5.85. The molecule has 0 radical (unpaired) electrons. The zero-order valence-corrected chi connectivity index (χ0v) is 23.0. The van der Waals surface area contributed by atoms with Gasteiger partial charge in [0.15, 0.2) is 0 Å². The zero-order valence-electron chi connectivity index (χ0n) is 23.0. The lowest BCUT2D eigenvalue weighted by molar-refractivity contribution is 0.158. The number of carbonyl (C=O) groups is 1. The van der Waals surface area contributed by atoms with E-state index in [0.717, 1.165) is 28.2 Å². The molecule has 1 aliphatic carbocycles. The second-order valence-electron chi connectivity index (χ2n) is 10.1. The van der Waals surface area contributed by atoms with E-state index in [1.807, 2.05) is 72.8 Å². The molecule has 0 bridgehead atoms. The minimum Gasteiger partial charge on any atom is -0.497 e. The summed E-state index contributed by atoms with van der Waals surface area (Å²) in [6, 6.07) is 40.7. The van der Waals surface area contributed by atoms with E-state index in [1.165, 1.54) is 22.3 Å². The fourth-order valence-electron chi connectivity index (χ4n) is 5.68. The van der Waals surface area contributed by atoms with Gasteiger partial charge in [-0.3, -0.25) is 5.32 Å². The van der Waals surface area contributed by atoms with Gasteiger partial charge in [0.25, 0.3) is 0 Å². The van der Waals surface area contributed by atoms with Crippen molar-refractivity contribution in [2.75, 3.05) is 26.1 Å². The quantitative estimate of drug-likeness (QED) is 0.201. The van der Waals surface area contributed by atoms with Crippen LogP contribution in [0.1, 0.15) is 39.7 Å². The lowest BCUT2D eigenvalue weighted by Gasteiger charge is -2.20.